The van der Waals surface area contributed by atoms with E-state index in [4.69, 9.17) is 9.52 Å². The number of hydrogen-bond acceptors (Lipinski definition) is 3. The molecule has 0 aromatic carbocycles. The lowest BCUT2D eigenvalue weighted by Gasteiger charge is -1.96. The Morgan fingerprint density at radius 3 is 2.94 bits per heavy atom. The molecule has 0 unspecified atom stereocenters. The Bertz CT molecular complexity index is 530. The number of carboxylic acids is 1. The smallest absolute Gasteiger partial charge is 0.372 e. The third-order valence-corrected chi connectivity index (χ3v) is 2.64. The van der Waals surface area contributed by atoms with Crippen molar-refractivity contribution in [1.82, 2.24) is 9.78 Å². The number of furan rings is 1. The maximum atomic E-state index is 10.8. The first kappa shape index (κ1) is 11.2. The fraction of sp³-hybridized carbons (Fsp3) is 0.200. The van der Waals surface area contributed by atoms with Gasteiger partial charge < -0.3 is 9.52 Å². The Morgan fingerprint density at radius 2 is 2.44 bits per heavy atom. The molecule has 6 heteroatoms. The van der Waals surface area contributed by atoms with Gasteiger partial charge >= 0.3 is 5.97 Å². The minimum atomic E-state index is -1.04. The first-order valence-electron chi connectivity index (χ1n) is 4.57. The lowest BCUT2D eigenvalue weighted by atomic mass is 10.2. The minimum Gasteiger partial charge on any atom is -0.475 e. The van der Waals surface area contributed by atoms with Gasteiger partial charge in [0.15, 0.2) is 0 Å². The van der Waals surface area contributed by atoms with Crippen LogP contribution in [0.2, 0.25) is 0 Å². The molecule has 1 N–H and O–H groups in total. The summed E-state index contributed by atoms with van der Waals surface area (Å²) in [6.07, 6.45) is 3.59. The van der Waals surface area contributed by atoms with Crippen LogP contribution < -0.4 is 0 Å². The van der Waals surface area contributed by atoms with Crippen LogP contribution in [0, 0.1) is 10.5 Å². The van der Waals surface area contributed by atoms with Gasteiger partial charge in [-0.15, -0.1) is 0 Å². The number of nitrogens with zero attached hydrogens (tertiary/aromatic N) is 2. The molecule has 0 amide bonds. The highest BCUT2D eigenvalue weighted by molar-refractivity contribution is 14.1. The number of aromatic carboxylic acids is 1. The molecule has 5 nitrogen and oxygen atoms in total. The molecule has 84 valence electrons. The standard InChI is InChI=1S/C10H9IN2O3/c1-6-2-8(16-9(6)10(14)15)5-13-4-7(11)3-12-13/h2-4H,5H2,1H3,(H,14,15). The lowest BCUT2D eigenvalue weighted by molar-refractivity contribution is 0.0659. The van der Waals surface area contributed by atoms with Crippen molar-refractivity contribution in [2.45, 2.75) is 13.5 Å². The number of aromatic nitrogens is 2. The molecule has 16 heavy (non-hydrogen) atoms. The van der Waals surface area contributed by atoms with Crippen LogP contribution in [0.15, 0.2) is 22.9 Å². The largest absolute Gasteiger partial charge is 0.475 e. The molecule has 0 aliphatic carbocycles. The van der Waals surface area contributed by atoms with Gasteiger partial charge in [0.05, 0.1) is 16.3 Å². The topological polar surface area (TPSA) is 68.3 Å². The van der Waals surface area contributed by atoms with Crippen LogP contribution >= 0.6 is 22.6 Å². The highest BCUT2D eigenvalue weighted by atomic mass is 127. The summed E-state index contributed by atoms with van der Waals surface area (Å²) in [5.41, 5.74) is 0.629. The Kier molecular flexibility index (Phi) is 2.99. The van der Waals surface area contributed by atoms with Gasteiger partial charge in [-0.05, 0) is 35.6 Å². The SMILES string of the molecule is Cc1cc(Cn2cc(I)cn2)oc1C(=O)O. The van der Waals surface area contributed by atoms with E-state index in [1.165, 1.54) is 0 Å². The third kappa shape index (κ3) is 2.26. The Balaban J connectivity index is 2.22. The summed E-state index contributed by atoms with van der Waals surface area (Å²) in [6, 6.07) is 1.72. The molecular weight excluding hydrogens is 323 g/mol. The average Bonchev–Trinajstić information content (AvgIpc) is 2.73. The van der Waals surface area contributed by atoms with E-state index in [2.05, 4.69) is 27.7 Å². The van der Waals surface area contributed by atoms with Crippen LogP contribution in [0.1, 0.15) is 21.9 Å². The Labute approximate surface area is 105 Å². The van der Waals surface area contributed by atoms with Crippen molar-refractivity contribution in [1.29, 1.82) is 0 Å². The summed E-state index contributed by atoms with van der Waals surface area (Å²) in [6.45, 7) is 2.15. The molecule has 0 radical (unpaired) electrons. The molecule has 0 aliphatic rings. The monoisotopic (exact) mass is 332 g/mol. The molecule has 0 spiro atoms. The fourth-order valence-electron chi connectivity index (χ4n) is 1.42. The second-order valence-electron chi connectivity index (χ2n) is 3.39. The van der Waals surface area contributed by atoms with Crippen LogP contribution in [0.5, 0.6) is 0 Å². The van der Waals surface area contributed by atoms with Crippen molar-refractivity contribution in [3.05, 3.63) is 39.1 Å². The molecular formula is C10H9IN2O3. The van der Waals surface area contributed by atoms with Crippen molar-refractivity contribution in [3.8, 4) is 0 Å². The molecule has 0 saturated heterocycles. The van der Waals surface area contributed by atoms with Crippen molar-refractivity contribution in [2.24, 2.45) is 0 Å². The van der Waals surface area contributed by atoms with Crippen LogP contribution in [0.3, 0.4) is 0 Å². The summed E-state index contributed by atoms with van der Waals surface area (Å²) in [5.74, 6) is -0.454. The third-order valence-electron chi connectivity index (χ3n) is 2.08. The highest BCUT2D eigenvalue weighted by Gasteiger charge is 2.14. The van der Waals surface area contributed by atoms with Crippen LogP contribution in [0.4, 0.5) is 0 Å². The van der Waals surface area contributed by atoms with Crippen molar-refractivity contribution < 1.29 is 14.3 Å². The zero-order chi connectivity index (χ0) is 11.7. The van der Waals surface area contributed by atoms with E-state index < -0.39 is 5.97 Å². The van der Waals surface area contributed by atoms with Crippen molar-refractivity contribution in [3.63, 3.8) is 0 Å². The number of carbonyl (C=O) groups is 1. The Morgan fingerprint density at radius 1 is 1.69 bits per heavy atom. The van der Waals surface area contributed by atoms with E-state index in [0.29, 0.717) is 17.9 Å². The number of rotatable bonds is 3. The predicted octanol–water partition coefficient (Wildman–Crippen LogP) is 2.14. The first-order chi connectivity index (χ1) is 7.56. The summed E-state index contributed by atoms with van der Waals surface area (Å²) >= 11 is 2.16. The molecule has 0 aliphatic heterocycles. The number of carboxylic acid groups (broad SMARTS) is 1. The predicted molar refractivity (Wildman–Crippen MR) is 64.5 cm³/mol. The lowest BCUT2D eigenvalue weighted by Crippen LogP contribution is -1.98. The maximum Gasteiger partial charge on any atom is 0.372 e. The van der Waals surface area contributed by atoms with Crippen molar-refractivity contribution >= 4 is 28.6 Å². The molecule has 0 atom stereocenters. The normalized spacial score (nSPS) is 10.6. The summed E-state index contributed by atoms with van der Waals surface area (Å²) in [4.78, 5) is 10.8. The van der Waals surface area contributed by atoms with E-state index in [0.717, 1.165) is 3.57 Å². The van der Waals surface area contributed by atoms with Gasteiger partial charge in [0.2, 0.25) is 5.76 Å². The zero-order valence-electron chi connectivity index (χ0n) is 8.48. The minimum absolute atomic E-state index is 0.00291. The Hall–Kier alpha value is -1.31. The van der Waals surface area contributed by atoms with Gasteiger partial charge in [-0.3, -0.25) is 4.68 Å². The van der Waals surface area contributed by atoms with E-state index in [1.807, 2.05) is 6.20 Å². The van der Waals surface area contributed by atoms with E-state index in [1.54, 1.807) is 23.9 Å². The van der Waals surface area contributed by atoms with E-state index in [-0.39, 0.29) is 5.76 Å². The second kappa shape index (κ2) is 4.28. The van der Waals surface area contributed by atoms with Gasteiger partial charge in [-0.2, -0.15) is 5.10 Å². The van der Waals surface area contributed by atoms with Gasteiger partial charge in [0, 0.05) is 11.8 Å². The second-order valence-corrected chi connectivity index (χ2v) is 4.63. The molecule has 0 saturated carbocycles. The van der Waals surface area contributed by atoms with Crippen molar-refractivity contribution in [2.75, 3.05) is 0 Å². The van der Waals surface area contributed by atoms with Gasteiger partial charge in [-0.1, -0.05) is 0 Å². The van der Waals surface area contributed by atoms with Crippen LogP contribution in [0.25, 0.3) is 0 Å². The quantitative estimate of drug-likeness (QED) is 0.875. The summed E-state index contributed by atoms with van der Waals surface area (Å²) < 4.78 is 7.95. The van der Waals surface area contributed by atoms with Gasteiger partial charge in [0.25, 0.3) is 0 Å². The summed E-state index contributed by atoms with van der Waals surface area (Å²) in [5, 5.41) is 12.9. The first-order valence-corrected chi connectivity index (χ1v) is 5.64. The highest BCUT2D eigenvalue weighted by Crippen LogP contribution is 2.15. The fourth-order valence-corrected chi connectivity index (χ4v) is 1.87. The maximum absolute atomic E-state index is 10.8. The molecule has 2 aromatic rings. The summed E-state index contributed by atoms with van der Waals surface area (Å²) in [7, 11) is 0. The van der Waals surface area contributed by atoms with Crippen LogP contribution in [-0.2, 0) is 6.54 Å². The number of hydrogen-bond donors (Lipinski definition) is 1. The van der Waals surface area contributed by atoms with Gasteiger partial charge in [0.1, 0.15) is 5.76 Å². The molecule has 2 heterocycles. The molecule has 0 bridgehead atoms. The van der Waals surface area contributed by atoms with Gasteiger partial charge in [-0.25, -0.2) is 4.79 Å². The van der Waals surface area contributed by atoms with Crippen LogP contribution in [-0.4, -0.2) is 20.9 Å². The molecule has 2 rings (SSSR count). The number of halogens is 1. The number of aryl methyl sites for hydroxylation is 1. The van der Waals surface area contributed by atoms with E-state index >= 15 is 0 Å². The average molecular weight is 332 g/mol. The van der Waals surface area contributed by atoms with E-state index in [9.17, 15) is 4.79 Å². The molecule has 2 aromatic heterocycles. The molecule has 0 fully saturated rings. The zero-order valence-corrected chi connectivity index (χ0v) is 10.6.